The standard InChI is InChI=1S/C18H24N4OS.HI/c1-5-10-23-16-9-7-6-8-15(16)11-20-18(19-4)21-12-17-13(2)22-14(3)24-17;/h5-9H,1,10-12H2,2-4H3,(H2,19,20,21);1H. The van der Waals surface area contributed by atoms with Crippen LogP contribution < -0.4 is 15.4 Å². The molecule has 25 heavy (non-hydrogen) atoms. The normalized spacial score (nSPS) is 10.8. The van der Waals surface area contributed by atoms with Crippen LogP contribution in [0.2, 0.25) is 0 Å². The van der Waals surface area contributed by atoms with Gasteiger partial charge < -0.3 is 15.4 Å². The Kier molecular flexibility index (Phi) is 9.51. The zero-order chi connectivity index (χ0) is 17.4. The molecule has 2 N–H and O–H groups in total. The van der Waals surface area contributed by atoms with Crippen LogP contribution in [0, 0.1) is 13.8 Å². The number of rotatable bonds is 7. The molecule has 2 aromatic rings. The van der Waals surface area contributed by atoms with Gasteiger partial charge in [-0.3, -0.25) is 4.99 Å². The zero-order valence-corrected chi connectivity index (χ0v) is 18.0. The van der Waals surface area contributed by atoms with Gasteiger partial charge in [-0.2, -0.15) is 0 Å². The number of ether oxygens (including phenoxy) is 1. The molecule has 0 saturated heterocycles. The zero-order valence-electron chi connectivity index (χ0n) is 14.8. The van der Waals surface area contributed by atoms with Crippen LogP contribution in [0.1, 0.15) is 21.1 Å². The number of halogens is 1. The van der Waals surface area contributed by atoms with E-state index in [4.69, 9.17) is 4.74 Å². The molecule has 0 amide bonds. The lowest BCUT2D eigenvalue weighted by Crippen LogP contribution is -2.36. The summed E-state index contributed by atoms with van der Waals surface area (Å²) in [4.78, 5) is 9.94. The summed E-state index contributed by atoms with van der Waals surface area (Å²) >= 11 is 1.71. The number of benzene rings is 1. The van der Waals surface area contributed by atoms with E-state index in [0.717, 1.165) is 28.0 Å². The second kappa shape index (κ2) is 11.1. The number of thiazole rings is 1. The quantitative estimate of drug-likeness (QED) is 0.279. The second-order valence-corrected chi connectivity index (χ2v) is 6.52. The number of nitrogens with zero attached hydrogens (tertiary/aromatic N) is 2. The maximum atomic E-state index is 5.68. The van der Waals surface area contributed by atoms with Crippen LogP contribution in [0.25, 0.3) is 0 Å². The smallest absolute Gasteiger partial charge is 0.191 e. The van der Waals surface area contributed by atoms with E-state index in [1.165, 1.54) is 4.88 Å². The Balaban J connectivity index is 0.00000312. The Bertz CT molecular complexity index is 715. The minimum atomic E-state index is 0. The highest BCUT2D eigenvalue weighted by Gasteiger charge is 2.07. The first kappa shape index (κ1) is 21.4. The predicted octanol–water partition coefficient (Wildman–Crippen LogP) is 3.81. The van der Waals surface area contributed by atoms with Crippen molar-refractivity contribution in [2.45, 2.75) is 26.9 Å². The number of para-hydroxylation sites is 1. The van der Waals surface area contributed by atoms with Gasteiger partial charge in [0.15, 0.2) is 5.96 Å². The summed E-state index contributed by atoms with van der Waals surface area (Å²) in [7, 11) is 1.76. The summed E-state index contributed by atoms with van der Waals surface area (Å²) in [6, 6.07) is 7.96. The van der Waals surface area contributed by atoms with E-state index in [1.807, 2.05) is 38.1 Å². The number of nitrogens with one attached hydrogen (secondary N) is 2. The molecular weight excluding hydrogens is 447 g/mol. The molecule has 1 aromatic carbocycles. The molecule has 0 spiro atoms. The second-order valence-electron chi connectivity index (χ2n) is 5.23. The highest BCUT2D eigenvalue weighted by Crippen LogP contribution is 2.18. The molecule has 0 fully saturated rings. The summed E-state index contributed by atoms with van der Waals surface area (Å²) < 4.78 is 5.68. The molecule has 136 valence electrons. The predicted molar refractivity (Wildman–Crippen MR) is 116 cm³/mol. The third-order valence-corrected chi connectivity index (χ3v) is 4.49. The molecular formula is C18H25IN4OS. The van der Waals surface area contributed by atoms with Crippen molar-refractivity contribution >= 4 is 41.3 Å². The van der Waals surface area contributed by atoms with E-state index >= 15 is 0 Å². The van der Waals surface area contributed by atoms with Gasteiger partial charge in [0.25, 0.3) is 0 Å². The summed E-state index contributed by atoms with van der Waals surface area (Å²) in [5, 5.41) is 7.73. The number of hydrogen-bond donors (Lipinski definition) is 2. The van der Waals surface area contributed by atoms with Gasteiger partial charge in [-0.1, -0.05) is 30.9 Å². The molecule has 1 aromatic heterocycles. The van der Waals surface area contributed by atoms with Gasteiger partial charge in [0.1, 0.15) is 12.4 Å². The average molecular weight is 472 g/mol. The van der Waals surface area contributed by atoms with Crippen LogP contribution >= 0.6 is 35.3 Å². The molecule has 7 heteroatoms. The largest absolute Gasteiger partial charge is 0.489 e. The number of aromatic nitrogens is 1. The van der Waals surface area contributed by atoms with Crippen molar-refractivity contribution in [3.63, 3.8) is 0 Å². The Morgan fingerprint density at radius 1 is 1.28 bits per heavy atom. The summed E-state index contributed by atoms with van der Waals surface area (Å²) in [6.07, 6.45) is 1.74. The molecule has 0 atom stereocenters. The lowest BCUT2D eigenvalue weighted by atomic mass is 10.2. The highest BCUT2D eigenvalue weighted by atomic mass is 127. The third kappa shape index (κ3) is 6.66. The topological polar surface area (TPSA) is 58.5 Å². The van der Waals surface area contributed by atoms with Crippen molar-refractivity contribution in [3.8, 4) is 5.75 Å². The van der Waals surface area contributed by atoms with Crippen molar-refractivity contribution in [3.05, 3.63) is 58.1 Å². The van der Waals surface area contributed by atoms with Crippen molar-refractivity contribution < 1.29 is 4.74 Å². The van der Waals surface area contributed by atoms with Gasteiger partial charge >= 0.3 is 0 Å². The van der Waals surface area contributed by atoms with E-state index < -0.39 is 0 Å². The fraction of sp³-hybridized carbons (Fsp3) is 0.333. The molecule has 0 aliphatic rings. The van der Waals surface area contributed by atoms with Crippen LogP contribution in [-0.4, -0.2) is 24.6 Å². The van der Waals surface area contributed by atoms with Crippen LogP contribution in [0.5, 0.6) is 5.75 Å². The molecule has 0 saturated carbocycles. The molecule has 5 nitrogen and oxygen atoms in total. The first-order valence-electron chi connectivity index (χ1n) is 7.83. The molecule has 1 heterocycles. The minimum Gasteiger partial charge on any atom is -0.489 e. The minimum absolute atomic E-state index is 0. The van der Waals surface area contributed by atoms with Crippen LogP contribution in [0.3, 0.4) is 0 Å². The van der Waals surface area contributed by atoms with Crippen LogP contribution in [0.4, 0.5) is 0 Å². The van der Waals surface area contributed by atoms with E-state index in [2.05, 4.69) is 27.2 Å². The molecule has 0 aliphatic carbocycles. The molecule has 2 rings (SSSR count). The van der Waals surface area contributed by atoms with Gasteiger partial charge in [0.05, 0.1) is 17.2 Å². The van der Waals surface area contributed by atoms with E-state index in [-0.39, 0.29) is 24.0 Å². The first-order valence-corrected chi connectivity index (χ1v) is 8.64. The summed E-state index contributed by atoms with van der Waals surface area (Å²) in [6.45, 7) is 9.58. The van der Waals surface area contributed by atoms with Gasteiger partial charge in [0.2, 0.25) is 0 Å². The Hall–Kier alpha value is -1.61. The molecule has 0 bridgehead atoms. The fourth-order valence-corrected chi connectivity index (χ4v) is 3.12. The van der Waals surface area contributed by atoms with Gasteiger partial charge in [0, 0.05) is 24.0 Å². The Morgan fingerprint density at radius 3 is 2.64 bits per heavy atom. The van der Waals surface area contributed by atoms with E-state index in [0.29, 0.717) is 19.7 Å². The van der Waals surface area contributed by atoms with Crippen molar-refractivity contribution in [2.24, 2.45) is 4.99 Å². The molecule has 0 unspecified atom stereocenters. The number of aryl methyl sites for hydroxylation is 2. The molecule has 0 aliphatic heterocycles. The lowest BCUT2D eigenvalue weighted by molar-refractivity contribution is 0.358. The van der Waals surface area contributed by atoms with E-state index in [9.17, 15) is 0 Å². The Labute approximate surface area is 170 Å². The number of aliphatic imine (C=N–C) groups is 1. The maximum absolute atomic E-state index is 5.68. The molecule has 0 radical (unpaired) electrons. The van der Waals surface area contributed by atoms with Crippen molar-refractivity contribution in [1.82, 2.24) is 15.6 Å². The first-order chi connectivity index (χ1) is 11.6. The summed E-state index contributed by atoms with van der Waals surface area (Å²) in [5.41, 5.74) is 2.15. The lowest BCUT2D eigenvalue weighted by Gasteiger charge is -2.14. The highest BCUT2D eigenvalue weighted by molar-refractivity contribution is 14.0. The fourth-order valence-electron chi connectivity index (χ4n) is 2.24. The number of hydrogen-bond acceptors (Lipinski definition) is 4. The Morgan fingerprint density at radius 2 is 2.00 bits per heavy atom. The summed E-state index contributed by atoms with van der Waals surface area (Å²) in [5.74, 6) is 1.60. The maximum Gasteiger partial charge on any atom is 0.191 e. The van der Waals surface area contributed by atoms with Crippen LogP contribution in [0.15, 0.2) is 41.9 Å². The number of guanidine groups is 1. The monoisotopic (exact) mass is 472 g/mol. The van der Waals surface area contributed by atoms with Gasteiger partial charge in [-0.25, -0.2) is 4.98 Å². The third-order valence-electron chi connectivity index (χ3n) is 3.42. The van der Waals surface area contributed by atoms with Gasteiger partial charge in [-0.05, 0) is 19.9 Å². The average Bonchev–Trinajstić information content (AvgIpc) is 2.91. The van der Waals surface area contributed by atoms with Crippen molar-refractivity contribution in [1.29, 1.82) is 0 Å². The van der Waals surface area contributed by atoms with E-state index in [1.54, 1.807) is 24.5 Å². The van der Waals surface area contributed by atoms with Crippen molar-refractivity contribution in [2.75, 3.05) is 13.7 Å². The SMILES string of the molecule is C=CCOc1ccccc1CNC(=NC)NCc1sc(C)nc1C.I. The van der Waals surface area contributed by atoms with Crippen LogP contribution in [-0.2, 0) is 13.1 Å². The van der Waals surface area contributed by atoms with Gasteiger partial charge in [-0.15, -0.1) is 35.3 Å².